The summed E-state index contributed by atoms with van der Waals surface area (Å²) in [5.74, 6) is -0.432. The number of hydrogen-bond donors (Lipinski definition) is 6. The molecule has 13 heteroatoms. The molecule has 0 aliphatic carbocycles. The summed E-state index contributed by atoms with van der Waals surface area (Å²) in [5.41, 5.74) is 8.21. The summed E-state index contributed by atoms with van der Waals surface area (Å²) < 4.78 is 10.4. The predicted molar refractivity (Wildman–Crippen MR) is 141 cm³/mol. The third-order valence-corrected chi connectivity index (χ3v) is 5.37. The maximum atomic E-state index is 12.3. The molecule has 0 spiro atoms. The number of carboxylic acid groups (broad SMARTS) is 1. The molecule has 13 nitrogen and oxygen atoms in total. The average Bonchev–Trinajstić information content (AvgIpc) is 3.31. The van der Waals surface area contributed by atoms with Crippen molar-refractivity contribution in [3.8, 4) is 0 Å². The van der Waals surface area contributed by atoms with E-state index < -0.39 is 0 Å². The van der Waals surface area contributed by atoms with E-state index in [4.69, 9.17) is 25.1 Å². The van der Waals surface area contributed by atoms with Gasteiger partial charge in [-0.05, 0) is 49.6 Å². The van der Waals surface area contributed by atoms with Crippen molar-refractivity contribution in [2.24, 2.45) is 0 Å². The van der Waals surface area contributed by atoms with E-state index in [-0.39, 0.29) is 42.9 Å². The van der Waals surface area contributed by atoms with Crippen molar-refractivity contribution in [3.05, 3.63) is 57.5 Å². The zero-order chi connectivity index (χ0) is 27.8. The average molecular weight is 531 g/mol. The molecule has 2 heterocycles. The summed E-state index contributed by atoms with van der Waals surface area (Å²) in [4.78, 5) is 54.2. The number of H-pyrrole nitrogens is 2. The fourth-order valence-electron chi connectivity index (χ4n) is 3.52. The molecule has 0 radical (unpaired) electrons. The highest BCUT2D eigenvalue weighted by Gasteiger charge is 2.11. The minimum Gasteiger partial charge on any atom is -0.483 e. The van der Waals surface area contributed by atoms with Gasteiger partial charge in [-0.25, -0.2) is 0 Å². The normalized spacial score (nSPS) is 10.4. The number of likely N-dealkylation sites (N-methyl/N-ethyl adjacent to an activating group) is 1. The number of benzene rings is 1. The second kappa shape index (κ2) is 16.5. The number of aromatic amines is 2. The van der Waals surface area contributed by atoms with E-state index in [1.807, 2.05) is 19.2 Å². The van der Waals surface area contributed by atoms with Gasteiger partial charge in [0.15, 0.2) is 0 Å². The molecule has 206 valence electrons. The van der Waals surface area contributed by atoms with E-state index in [0.29, 0.717) is 55.6 Å². The molecule has 0 aliphatic rings. The Balaban J connectivity index is 0.00000161. The van der Waals surface area contributed by atoms with Crippen LogP contribution in [0.25, 0.3) is 11.0 Å². The van der Waals surface area contributed by atoms with E-state index in [0.717, 1.165) is 17.7 Å². The Morgan fingerprint density at radius 2 is 1.87 bits per heavy atom. The largest absolute Gasteiger partial charge is 0.483 e. The molecule has 2 aromatic heterocycles. The van der Waals surface area contributed by atoms with Crippen molar-refractivity contribution in [1.82, 2.24) is 25.6 Å². The lowest BCUT2D eigenvalue weighted by molar-refractivity contribution is -0.145. The van der Waals surface area contributed by atoms with Gasteiger partial charge in [0.25, 0.3) is 17.9 Å². The summed E-state index contributed by atoms with van der Waals surface area (Å²) in [6, 6.07) is 7.30. The zero-order valence-corrected chi connectivity index (χ0v) is 21.2. The summed E-state index contributed by atoms with van der Waals surface area (Å²) in [6.45, 7) is 2.04. The Bertz CT molecular complexity index is 1220. The van der Waals surface area contributed by atoms with Crippen LogP contribution >= 0.6 is 0 Å². The Morgan fingerprint density at radius 3 is 2.58 bits per heavy atom. The molecule has 1 amide bonds. The summed E-state index contributed by atoms with van der Waals surface area (Å²) in [5, 5.41) is 13.2. The van der Waals surface area contributed by atoms with Crippen LogP contribution in [0.5, 0.6) is 0 Å². The number of aromatic nitrogens is 3. The highest BCUT2D eigenvalue weighted by molar-refractivity contribution is 5.94. The Morgan fingerprint density at radius 1 is 1.13 bits per heavy atom. The molecule has 0 bridgehead atoms. The third kappa shape index (κ3) is 10.0. The number of carbonyl (C=O) groups is 3. The van der Waals surface area contributed by atoms with Crippen LogP contribution in [0, 0.1) is 0 Å². The van der Waals surface area contributed by atoms with Gasteiger partial charge < -0.3 is 35.9 Å². The van der Waals surface area contributed by atoms with Crippen LogP contribution < -0.4 is 21.9 Å². The van der Waals surface area contributed by atoms with Crippen molar-refractivity contribution >= 4 is 35.3 Å². The number of nitrogens with two attached hydrogens (primary N) is 1. The molecule has 3 aromatic rings. The van der Waals surface area contributed by atoms with Crippen LogP contribution in [-0.2, 0) is 31.9 Å². The molecule has 7 N–H and O–H groups in total. The minimum atomic E-state index is -0.308. The molecule has 0 atom stereocenters. The molecule has 0 fully saturated rings. The number of aryl methyl sites for hydroxylation is 2. The molecule has 3 rings (SSSR count). The Labute approximate surface area is 219 Å². The maximum Gasteiger partial charge on any atom is 0.305 e. The smallest absolute Gasteiger partial charge is 0.305 e. The standard InChI is InChI=1S/C24H32N6O5.CH2O2/c1-26-11-12-34-13-14-35-19(31)3-2-10-27-22(32)17-7-4-16(5-8-17)6-9-18-15-28-21-20(18)23(33)30-24(25)29-21;2-1-3/h4-5,7-8,15,26H,2-3,6,9-14H2,1H3,(H,27,32)(H4,25,28,29,30,33);1H,(H,2,3). The van der Waals surface area contributed by atoms with Gasteiger partial charge in [-0.2, -0.15) is 4.98 Å². The van der Waals surface area contributed by atoms with Gasteiger partial charge in [-0.1, -0.05) is 12.1 Å². The Kier molecular flexibility index (Phi) is 13.0. The number of nitrogen functional groups attached to an aromatic ring is 1. The van der Waals surface area contributed by atoms with Crippen LogP contribution in [0.15, 0.2) is 35.3 Å². The number of carbonyl (C=O) groups excluding carboxylic acids is 2. The number of rotatable bonds is 14. The first-order valence-electron chi connectivity index (χ1n) is 12.1. The molecule has 0 unspecified atom stereocenters. The summed E-state index contributed by atoms with van der Waals surface area (Å²) >= 11 is 0. The third-order valence-electron chi connectivity index (χ3n) is 5.37. The second-order valence-corrected chi connectivity index (χ2v) is 8.09. The summed E-state index contributed by atoms with van der Waals surface area (Å²) in [6.07, 6.45) is 3.82. The molecule has 0 aliphatic heterocycles. The van der Waals surface area contributed by atoms with Gasteiger partial charge in [-0.3, -0.25) is 24.2 Å². The maximum absolute atomic E-state index is 12.3. The fraction of sp³-hybridized carbons (Fsp3) is 0.400. The summed E-state index contributed by atoms with van der Waals surface area (Å²) in [7, 11) is 1.84. The first-order valence-corrected chi connectivity index (χ1v) is 12.1. The van der Waals surface area contributed by atoms with Gasteiger partial charge in [0.05, 0.1) is 18.6 Å². The van der Waals surface area contributed by atoms with Crippen LogP contribution in [0.2, 0.25) is 0 Å². The number of nitrogens with one attached hydrogen (secondary N) is 4. The molecule has 1 aromatic carbocycles. The van der Waals surface area contributed by atoms with Crippen LogP contribution in [0.4, 0.5) is 5.95 Å². The Hall–Kier alpha value is -4.23. The lowest BCUT2D eigenvalue weighted by Crippen LogP contribution is -2.25. The second-order valence-electron chi connectivity index (χ2n) is 8.09. The van der Waals surface area contributed by atoms with Crippen LogP contribution in [0.3, 0.4) is 0 Å². The van der Waals surface area contributed by atoms with Crippen molar-refractivity contribution in [2.75, 3.05) is 45.7 Å². The zero-order valence-electron chi connectivity index (χ0n) is 21.2. The van der Waals surface area contributed by atoms with Gasteiger partial charge in [0.2, 0.25) is 5.95 Å². The number of nitrogens with zero attached hydrogens (tertiary/aromatic N) is 1. The lowest BCUT2D eigenvalue weighted by atomic mass is 10.0. The van der Waals surface area contributed by atoms with Gasteiger partial charge in [-0.15, -0.1) is 0 Å². The van der Waals surface area contributed by atoms with Gasteiger partial charge in [0.1, 0.15) is 12.3 Å². The minimum absolute atomic E-state index is 0.0751. The van der Waals surface area contributed by atoms with E-state index >= 15 is 0 Å². The molecular weight excluding hydrogens is 496 g/mol. The number of anilines is 1. The number of fused-ring (bicyclic) bond motifs is 1. The first-order chi connectivity index (χ1) is 18.4. The lowest BCUT2D eigenvalue weighted by Gasteiger charge is -2.08. The predicted octanol–water partition coefficient (Wildman–Crippen LogP) is 0.609. The number of esters is 1. The quantitative estimate of drug-likeness (QED) is 0.0974. The van der Waals surface area contributed by atoms with Crippen LogP contribution in [0.1, 0.15) is 34.3 Å². The fourth-order valence-corrected chi connectivity index (χ4v) is 3.52. The van der Waals surface area contributed by atoms with E-state index in [1.54, 1.807) is 18.3 Å². The van der Waals surface area contributed by atoms with Crippen LogP contribution in [-0.4, -0.2) is 78.4 Å². The molecule has 0 saturated carbocycles. The highest BCUT2D eigenvalue weighted by Crippen LogP contribution is 2.16. The van der Waals surface area contributed by atoms with Crippen molar-refractivity contribution < 1.29 is 29.0 Å². The van der Waals surface area contributed by atoms with E-state index in [1.165, 1.54) is 0 Å². The highest BCUT2D eigenvalue weighted by atomic mass is 16.6. The van der Waals surface area contributed by atoms with Crippen molar-refractivity contribution in [1.29, 1.82) is 0 Å². The van der Waals surface area contributed by atoms with Gasteiger partial charge in [0, 0.05) is 31.3 Å². The molecule has 0 saturated heterocycles. The SMILES string of the molecule is CNCCOCCOC(=O)CCCNC(=O)c1ccc(CCc2c[nH]c3nc(N)[nH]c(=O)c23)cc1.O=CO. The number of hydrogen-bond acceptors (Lipinski definition) is 9. The van der Waals surface area contributed by atoms with Gasteiger partial charge >= 0.3 is 5.97 Å². The van der Waals surface area contributed by atoms with Crippen molar-refractivity contribution in [3.63, 3.8) is 0 Å². The topological polar surface area (TPSA) is 202 Å². The molecular formula is C25H34N6O7. The number of ether oxygens (including phenoxy) is 2. The van der Waals surface area contributed by atoms with E-state index in [9.17, 15) is 14.4 Å². The van der Waals surface area contributed by atoms with Crippen molar-refractivity contribution in [2.45, 2.75) is 25.7 Å². The molecule has 38 heavy (non-hydrogen) atoms. The first kappa shape index (κ1) is 30.0. The van der Waals surface area contributed by atoms with E-state index in [2.05, 4.69) is 25.6 Å². The monoisotopic (exact) mass is 530 g/mol. The number of amides is 1.